The highest BCUT2D eigenvalue weighted by Gasteiger charge is 2.29. The van der Waals surface area contributed by atoms with Gasteiger partial charge in [-0.2, -0.15) is 4.31 Å². The maximum Gasteiger partial charge on any atom is 0.243 e. The van der Waals surface area contributed by atoms with E-state index >= 15 is 0 Å². The van der Waals surface area contributed by atoms with Crippen LogP contribution in [0.3, 0.4) is 0 Å². The van der Waals surface area contributed by atoms with Crippen LogP contribution in [-0.2, 0) is 10.0 Å². The Morgan fingerprint density at radius 2 is 1.54 bits per heavy atom. The van der Waals surface area contributed by atoms with Gasteiger partial charge in [-0.3, -0.25) is 0 Å². The van der Waals surface area contributed by atoms with Crippen LogP contribution >= 0.6 is 0 Å². The molecule has 0 atom stereocenters. The van der Waals surface area contributed by atoms with Crippen molar-refractivity contribution in [3.63, 3.8) is 0 Å². The molecule has 2 heterocycles. The number of anilines is 1. The lowest BCUT2D eigenvalue weighted by atomic mass is 10.2. The second kappa shape index (κ2) is 7.33. The second-order valence-electron chi connectivity index (χ2n) is 6.53. The number of carboxylic acid groups (broad SMARTS) is 1. The SMILES string of the molecule is O=C([O-])c1ccc(N2CCN(S(=O)(=O)c3ccc4c(c3)OCCO4)CC2)cc1. The maximum absolute atomic E-state index is 13.0. The minimum Gasteiger partial charge on any atom is -0.545 e. The lowest BCUT2D eigenvalue weighted by Crippen LogP contribution is -2.48. The van der Waals surface area contributed by atoms with Crippen molar-refractivity contribution in [2.45, 2.75) is 4.90 Å². The van der Waals surface area contributed by atoms with Crippen molar-refractivity contribution in [1.29, 1.82) is 0 Å². The van der Waals surface area contributed by atoms with Crippen LogP contribution in [0.4, 0.5) is 5.69 Å². The molecule has 2 aromatic rings. The Kier molecular flexibility index (Phi) is 4.86. The van der Waals surface area contributed by atoms with Crippen molar-refractivity contribution < 1.29 is 27.8 Å². The van der Waals surface area contributed by atoms with Gasteiger partial charge in [-0.15, -0.1) is 0 Å². The molecule has 2 aromatic carbocycles. The molecule has 4 rings (SSSR count). The van der Waals surface area contributed by atoms with Crippen LogP contribution in [-0.4, -0.2) is 58.1 Å². The van der Waals surface area contributed by atoms with Gasteiger partial charge in [0, 0.05) is 37.9 Å². The third kappa shape index (κ3) is 3.50. The molecule has 148 valence electrons. The number of fused-ring (bicyclic) bond motifs is 1. The molecule has 0 radical (unpaired) electrons. The van der Waals surface area contributed by atoms with Crippen LogP contribution in [0.15, 0.2) is 47.4 Å². The van der Waals surface area contributed by atoms with Gasteiger partial charge in [0.05, 0.1) is 10.9 Å². The van der Waals surface area contributed by atoms with E-state index in [1.807, 2.05) is 4.90 Å². The van der Waals surface area contributed by atoms with Gasteiger partial charge in [0.25, 0.3) is 0 Å². The summed E-state index contributed by atoms with van der Waals surface area (Å²) in [5.41, 5.74) is 0.963. The zero-order chi connectivity index (χ0) is 19.7. The van der Waals surface area contributed by atoms with Gasteiger partial charge in [-0.25, -0.2) is 8.42 Å². The Morgan fingerprint density at radius 3 is 2.18 bits per heavy atom. The van der Waals surface area contributed by atoms with Gasteiger partial charge in [0.2, 0.25) is 10.0 Å². The molecule has 0 spiro atoms. The third-order valence-corrected chi connectivity index (χ3v) is 6.75. The average molecular weight is 403 g/mol. The van der Waals surface area contributed by atoms with Gasteiger partial charge >= 0.3 is 0 Å². The number of hydrogen-bond donors (Lipinski definition) is 0. The number of carboxylic acids is 1. The molecule has 8 nitrogen and oxygen atoms in total. The summed E-state index contributed by atoms with van der Waals surface area (Å²) in [7, 11) is -3.63. The molecule has 9 heteroatoms. The van der Waals surface area contributed by atoms with E-state index in [0.717, 1.165) is 5.69 Å². The summed E-state index contributed by atoms with van der Waals surface area (Å²) in [6.45, 7) is 2.53. The molecule has 0 N–H and O–H groups in total. The zero-order valence-electron chi connectivity index (χ0n) is 15.0. The first-order valence-electron chi connectivity index (χ1n) is 8.91. The summed E-state index contributed by atoms with van der Waals surface area (Å²) in [5, 5.41) is 10.9. The summed E-state index contributed by atoms with van der Waals surface area (Å²) >= 11 is 0. The van der Waals surface area contributed by atoms with Crippen LogP contribution in [0, 0.1) is 0 Å². The van der Waals surface area contributed by atoms with Gasteiger partial charge in [-0.05, 0) is 29.8 Å². The number of nitrogens with zero attached hydrogens (tertiary/aromatic N) is 2. The fourth-order valence-corrected chi connectivity index (χ4v) is 4.77. The number of carbonyl (C=O) groups is 1. The van der Waals surface area contributed by atoms with Crippen molar-refractivity contribution in [2.75, 3.05) is 44.3 Å². The Bertz CT molecular complexity index is 982. The summed E-state index contributed by atoms with van der Waals surface area (Å²) in [6.07, 6.45) is 0. The van der Waals surface area contributed by atoms with Crippen LogP contribution < -0.4 is 19.5 Å². The number of piperazine rings is 1. The molecule has 1 fully saturated rings. The topological polar surface area (TPSA) is 99.2 Å². The highest BCUT2D eigenvalue weighted by Crippen LogP contribution is 2.33. The lowest BCUT2D eigenvalue weighted by Gasteiger charge is -2.35. The molecule has 0 amide bonds. The van der Waals surface area contributed by atoms with E-state index in [-0.39, 0.29) is 10.5 Å². The Balaban J connectivity index is 1.46. The van der Waals surface area contributed by atoms with Crippen molar-refractivity contribution in [2.24, 2.45) is 0 Å². The number of carbonyl (C=O) groups excluding carboxylic acids is 1. The van der Waals surface area contributed by atoms with E-state index in [9.17, 15) is 18.3 Å². The first-order chi connectivity index (χ1) is 13.4. The molecule has 1 saturated heterocycles. The molecule has 0 saturated carbocycles. The monoisotopic (exact) mass is 403 g/mol. The minimum atomic E-state index is -3.63. The fourth-order valence-electron chi connectivity index (χ4n) is 3.33. The van der Waals surface area contributed by atoms with Gasteiger partial charge in [0.15, 0.2) is 11.5 Å². The number of rotatable bonds is 4. The zero-order valence-corrected chi connectivity index (χ0v) is 15.9. The molecule has 2 aliphatic rings. The normalized spacial score (nSPS) is 17.4. The highest BCUT2D eigenvalue weighted by molar-refractivity contribution is 7.89. The lowest BCUT2D eigenvalue weighted by molar-refractivity contribution is -0.255. The molecular weight excluding hydrogens is 384 g/mol. The summed E-state index contributed by atoms with van der Waals surface area (Å²) < 4.78 is 38.3. The first kappa shape index (κ1) is 18.6. The van der Waals surface area contributed by atoms with Crippen molar-refractivity contribution in [1.82, 2.24) is 4.31 Å². The van der Waals surface area contributed by atoms with E-state index in [1.165, 1.54) is 28.6 Å². The number of sulfonamides is 1. The smallest absolute Gasteiger partial charge is 0.243 e. The molecular formula is C19H19N2O6S-. The minimum absolute atomic E-state index is 0.114. The number of hydrogen-bond acceptors (Lipinski definition) is 7. The predicted molar refractivity (Wildman–Crippen MR) is 99.2 cm³/mol. The molecule has 28 heavy (non-hydrogen) atoms. The van der Waals surface area contributed by atoms with Crippen molar-refractivity contribution in [3.05, 3.63) is 48.0 Å². The van der Waals surface area contributed by atoms with E-state index in [1.54, 1.807) is 18.2 Å². The van der Waals surface area contributed by atoms with Gasteiger partial charge < -0.3 is 24.3 Å². The van der Waals surface area contributed by atoms with Crippen LogP contribution in [0.25, 0.3) is 0 Å². The van der Waals surface area contributed by atoms with E-state index in [4.69, 9.17) is 9.47 Å². The molecule has 0 aromatic heterocycles. The largest absolute Gasteiger partial charge is 0.545 e. The van der Waals surface area contributed by atoms with E-state index in [2.05, 4.69) is 0 Å². The number of aromatic carboxylic acids is 1. The summed E-state index contributed by atoms with van der Waals surface area (Å²) in [6, 6.07) is 11.1. The van der Waals surface area contributed by atoms with Crippen LogP contribution in [0.2, 0.25) is 0 Å². The standard InChI is InChI=1S/C19H20N2O6S/c22-19(23)14-1-3-15(4-2-14)20-7-9-21(10-8-20)28(24,25)16-5-6-17-18(13-16)27-12-11-26-17/h1-6,13H,7-12H2,(H,22,23)/p-1. The molecule has 2 aliphatic heterocycles. The Hall–Kier alpha value is -2.78. The first-order valence-corrected chi connectivity index (χ1v) is 10.4. The molecule has 0 bridgehead atoms. The van der Waals surface area contributed by atoms with Crippen LogP contribution in [0.1, 0.15) is 10.4 Å². The fraction of sp³-hybridized carbons (Fsp3) is 0.316. The Morgan fingerprint density at radius 1 is 0.893 bits per heavy atom. The Labute approximate surface area is 162 Å². The van der Waals surface area contributed by atoms with E-state index < -0.39 is 16.0 Å². The predicted octanol–water partition coefficient (Wildman–Crippen LogP) is 0.332. The molecule has 0 aliphatic carbocycles. The number of benzene rings is 2. The second-order valence-corrected chi connectivity index (χ2v) is 8.47. The quantitative estimate of drug-likeness (QED) is 0.725. The van der Waals surface area contributed by atoms with E-state index in [0.29, 0.717) is 50.9 Å². The maximum atomic E-state index is 13.0. The third-order valence-electron chi connectivity index (χ3n) is 4.86. The van der Waals surface area contributed by atoms with Crippen molar-refractivity contribution >= 4 is 21.7 Å². The highest BCUT2D eigenvalue weighted by atomic mass is 32.2. The molecule has 0 unspecified atom stereocenters. The van der Waals surface area contributed by atoms with Crippen molar-refractivity contribution in [3.8, 4) is 11.5 Å². The summed E-state index contributed by atoms with van der Waals surface area (Å²) in [5.74, 6) is -0.226. The average Bonchev–Trinajstić information content (AvgIpc) is 2.73. The van der Waals surface area contributed by atoms with Gasteiger partial charge in [-0.1, -0.05) is 12.1 Å². The van der Waals surface area contributed by atoms with Gasteiger partial charge in [0.1, 0.15) is 13.2 Å². The number of ether oxygens (including phenoxy) is 2. The van der Waals surface area contributed by atoms with Crippen LogP contribution in [0.5, 0.6) is 11.5 Å². The summed E-state index contributed by atoms with van der Waals surface area (Å²) in [4.78, 5) is 13.1.